The summed E-state index contributed by atoms with van der Waals surface area (Å²) in [7, 11) is 0. The van der Waals surface area contributed by atoms with Gasteiger partial charge in [-0.1, -0.05) is 27.2 Å². The summed E-state index contributed by atoms with van der Waals surface area (Å²) in [4.78, 5) is 0. The standard InChI is InChI=1S/C18H35NO/c1-12-8-9-13(14(19)10-12)17(4,5)15-11-16(2,3)20-18(15,6)7/h12-15H,8-11,19H2,1-7H3. The highest BCUT2D eigenvalue weighted by Gasteiger charge is 2.55. The Morgan fingerprint density at radius 1 is 1.10 bits per heavy atom. The zero-order chi connectivity index (χ0) is 15.3. The van der Waals surface area contributed by atoms with Gasteiger partial charge in [0.05, 0.1) is 11.2 Å². The first-order valence-corrected chi connectivity index (χ1v) is 8.41. The molecule has 2 aliphatic rings. The third kappa shape index (κ3) is 2.92. The van der Waals surface area contributed by atoms with E-state index in [2.05, 4.69) is 48.5 Å². The quantitative estimate of drug-likeness (QED) is 0.815. The molecule has 1 aliphatic carbocycles. The van der Waals surface area contributed by atoms with Crippen LogP contribution in [0.5, 0.6) is 0 Å². The van der Waals surface area contributed by atoms with Crippen molar-refractivity contribution in [3.63, 3.8) is 0 Å². The lowest BCUT2D eigenvalue weighted by Crippen LogP contribution is -2.50. The molecule has 0 spiro atoms. The molecule has 0 radical (unpaired) electrons. The van der Waals surface area contributed by atoms with Crippen molar-refractivity contribution in [2.75, 3.05) is 0 Å². The first kappa shape index (κ1) is 16.3. The van der Waals surface area contributed by atoms with Gasteiger partial charge in [-0.3, -0.25) is 0 Å². The lowest BCUT2D eigenvalue weighted by atomic mass is 9.57. The van der Waals surface area contributed by atoms with Gasteiger partial charge >= 0.3 is 0 Å². The predicted octanol–water partition coefficient (Wildman–Crippen LogP) is 4.37. The van der Waals surface area contributed by atoms with E-state index in [0.29, 0.717) is 17.9 Å². The zero-order valence-corrected chi connectivity index (χ0v) is 14.6. The van der Waals surface area contributed by atoms with Gasteiger partial charge in [0.2, 0.25) is 0 Å². The van der Waals surface area contributed by atoms with E-state index < -0.39 is 0 Å². The Morgan fingerprint density at radius 3 is 2.15 bits per heavy atom. The molecule has 1 aliphatic heterocycles. The predicted molar refractivity (Wildman–Crippen MR) is 85.6 cm³/mol. The molecule has 0 aromatic rings. The van der Waals surface area contributed by atoms with Crippen molar-refractivity contribution in [1.29, 1.82) is 0 Å². The fraction of sp³-hybridized carbons (Fsp3) is 1.00. The van der Waals surface area contributed by atoms with Gasteiger partial charge in [0.15, 0.2) is 0 Å². The Kier molecular flexibility index (Phi) is 4.06. The maximum absolute atomic E-state index is 6.54. The maximum atomic E-state index is 6.54. The Balaban J connectivity index is 2.21. The second-order valence-corrected chi connectivity index (χ2v) is 9.23. The number of hydrogen-bond donors (Lipinski definition) is 1. The largest absolute Gasteiger partial charge is 0.369 e. The number of nitrogens with two attached hydrogens (primary N) is 1. The summed E-state index contributed by atoms with van der Waals surface area (Å²) in [5, 5.41) is 0. The van der Waals surface area contributed by atoms with Gasteiger partial charge in [-0.2, -0.15) is 0 Å². The minimum absolute atomic E-state index is 0.00249. The first-order chi connectivity index (χ1) is 8.96. The SMILES string of the molecule is CC1CCC(C(C)(C)C2CC(C)(C)OC2(C)C)C(N)C1. The summed E-state index contributed by atoms with van der Waals surface area (Å²) < 4.78 is 6.34. The Hall–Kier alpha value is -0.0800. The van der Waals surface area contributed by atoms with Crippen LogP contribution in [0.2, 0.25) is 0 Å². The van der Waals surface area contributed by atoms with Gasteiger partial charge in [-0.15, -0.1) is 0 Å². The summed E-state index contributed by atoms with van der Waals surface area (Å²) >= 11 is 0. The summed E-state index contributed by atoms with van der Waals surface area (Å²) in [6.07, 6.45) is 4.94. The maximum Gasteiger partial charge on any atom is 0.0668 e. The van der Waals surface area contributed by atoms with Gasteiger partial charge in [-0.05, 0) is 70.1 Å². The highest BCUT2D eigenvalue weighted by molar-refractivity contribution is 5.04. The van der Waals surface area contributed by atoms with Crippen LogP contribution in [-0.2, 0) is 4.74 Å². The molecule has 2 heteroatoms. The molecule has 1 saturated carbocycles. The van der Waals surface area contributed by atoms with Crippen molar-refractivity contribution in [3.8, 4) is 0 Å². The van der Waals surface area contributed by atoms with Crippen LogP contribution in [0.4, 0.5) is 0 Å². The second-order valence-electron chi connectivity index (χ2n) is 9.23. The highest BCUT2D eigenvalue weighted by atomic mass is 16.5. The Morgan fingerprint density at radius 2 is 1.70 bits per heavy atom. The van der Waals surface area contributed by atoms with Crippen molar-refractivity contribution in [2.45, 2.75) is 91.4 Å². The number of hydrogen-bond acceptors (Lipinski definition) is 2. The van der Waals surface area contributed by atoms with Crippen LogP contribution in [-0.4, -0.2) is 17.2 Å². The van der Waals surface area contributed by atoms with E-state index in [9.17, 15) is 0 Å². The molecule has 2 fully saturated rings. The summed E-state index contributed by atoms with van der Waals surface area (Å²) in [6.45, 7) is 16.2. The fourth-order valence-electron chi connectivity index (χ4n) is 5.33. The van der Waals surface area contributed by atoms with Crippen molar-refractivity contribution in [1.82, 2.24) is 0 Å². The van der Waals surface area contributed by atoms with Crippen LogP contribution >= 0.6 is 0 Å². The normalized spacial score (nSPS) is 40.8. The highest BCUT2D eigenvalue weighted by Crippen LogP contribution is 2.55. The molecule has 4 atom stereocenters. The summed E-state index contributed by atoms with van der Waals surface area (Å²) in [6, 6.07) is 0.355. The minimum Gasteiger partial charge on any atom is -0.369 e. The van der Waals surface area contributed by atoms with Crippen molar-refractivity contribution >= 4 is 0 Å². The lowest BCUT2D eigenvalue weighted by Gasteiger charge is -2.49. The van der Waals surface area contributed by atoms with Crippen LogP contribution in [0.25, 0.3) is 0 Å². The van der Waals surface area contributed by atoms with Crippen LogP contribution < -0.4 is 5.73 Å². The molecule has 20 heavy (non-hydrogen) atoms. The molecular weight excluding hydrogens is 246 g/mol. The molecule has 0 amide bonds. The molecule has 0 bridgehead atoms. The Bertz CT molecular complexity index is 358. The molecule has 0 aromatic carbocycles. The van der Waals surface area contributed by atoms with Gasteiger partial charge in [-0.25, -0.2) is 0 Å². The number of ether oxygens (including phenoxy) is 1. The Labute approximate surface area is 125 Å². The molecule has 0 aromatic heterocycles. The van der Waals surface area contributed by atoms with Crippen molar-refractivity contribution < 1.29 is 4.74 Å². The molecule has 2 rings (SSSR count). The van der Waals surface area contributed by atoms with Crippen LogP contribution in [0.1, 0.15) is 74.1 Å². The molecule has 118 valence electrons. The van der Waals surface area contributed by atoms with Crippen LogP contribution in [0.15, 0.2) is 0 Å². The molecule has 1 heterocycles. The molecule has 1 saturated heterocycles. The molecule has 4 unspecified atom stereocenters. The monoisotopic (exact) mass is 281 g/mol. The molecule has 2 nitrogen and oxygen atoms in total. The van der Waals surface area contributed by atoms with E-state index >= 15 is 0 Å². The average Bonchev–Trinajstić information content (AvgIpc) is 2.46. The van der Waals surface area contributed by atoms with E-state index in [1.165, 1.54) is 19.3 Å². The molecular formula is C18H35NO. The van der Waals surface area contributed by atoms with E-state index in [-0.39, 0.29) is 16.6 Å². The zero-order valence-electron chi connectivity index (χ0n) is 14.6. The van der Waals surface area contributed by atoms with Gasteiger partial charge in [0, 0.05) is 6.04 Å². The topological polar surface area (TPSA) is 35.2 Å². The van der Waals surface area contributed by atoms with E-state index in [0.717, 1.165) is 12.3 Å². The minimum atomic E-state index is -0.0458. The third-order valence-corrected chi connectivity index (χ3v) is 6.09. The van der Waals surface area contributed by atoms with E-state index in [4.69, 9.17) is 10.5 Å². The smallest absolute Gasteiger partial charge is 0.0668 e. The molecule has 2 N–H and O–H groups in total. The van der Waals surface area contributed by atoms with Gasteiger partial charge in [0.25, 0.3) is 0 Å². The average molecular weight is 281 g/mol. The van der Waals surface area contributed by atoms with Crippen LogP contribution in [0, 0.1) is 23.2 Å². The lowest BCUT2D eigenvalue weighted by molar-refractivity contribution is -0.0962. The summed E-state index contributed by atoms with van der Waals surface area (Å²) in [5.41, 5.74) is 6.74. The fourth-order valence-corrected chi connectivity index (χ4v) is 5.33. The second kappa shape index (κ2) is 4.98. The van der Waals surface area contributed by atoms with Crippen LogP contribution in [0.3, 0.4) is 0 Å². The van der Waals surface area contributed by atoms with Crippen molar-refractivity contribution in [3.05, 3.63) is 0 Å². The van der Waals surface area contributed by atoms with E-state index in [1.807, 2.05) is 0 Å². The van der Waals surface area contributed by atoms with Crippen molar-refractivity contribution in [2.24, 2.45) is 28.9 Å². The summed E-state index contributed by atoms with van der Waals surface area (Å²) in [5.74, 6) is 2.00. The van der Waals surface area contributed by atoms with E-state index in [1.54, 1.807) is 0 Å². The van der Waals surface area contributed by atoms with Gasteiger partial charge < -0.3 is 10.5 Å². The van der Waals surface area contributed by atoms with Gasteiger partial charge in [0.1, 0.15) is 0 Å². The third-order valence-electron chi connectivity index (χ3n) is 6.09. The number of rotatable bonds is 2. The first-order valence-electron chi connectivity index (χ1n) is 8.41.